The van der Waals surface area contributed by atoms with Gasteiger partial charge in [0.05, 0.1) is 0 Å². The Morgan fingerprint density at radius 3 is 1.17 bits per heavy atom. The summed E-state index contributed by atoms with van der Waals surface area (Å²) >= 11 is -0.943. The molecular formula is C6H18HgO4P. The molecule has 73 valence electrons. The van der Waals surface area contributed by atoms with Crippen molar-refractivity contribution in [2.24, 2.45) is 0 Å². The zero-order valence-electron chi connectivity index (χ0n) is 8.03. The van der Waals surface area contributed by atoms with Crippen molar-refractivity contribution in [3.63, 3.8) is 0 Å². The Bertz CT molecular complexity index is 118. The fourth-order valence-corrected chi connectivity index (χ4v) is 9.31. The van der Waals surface area contributed by atoms with Gasteiger partial charge in [0.25, 0.3) is 0 Å². The second-order valence-corrected chi connectivity index (χ2v) is 24.0. The minimum absolute atomic E-state index is 0.943. The first-order valence-electron chi connectivity index (χ1n) is 4.40. The minimum atomic E-state index is -4.64. The normalized spacial score (nSPS) is 10.2. The average Bonchev–Trinajstić information content (AvgIpc) is 1.88. The van der Waals surface area contributed by atoms with Crippen molar-refractivity contribution in [3.05, 3.63) is 0 Å². The predicted octanol–water partition coefficient (Wildman–Crippen LogP) is 1.99. The Kier molecular flexibility index (Phi) is 11.2. The van der Waals surface area contributed by atoms with E-state index in [2.05, 4.69) is 20.8 Å². The Morgan fingerprint density at radius 2 is 1.17 bits per heavy atom. The molecule has 0 unspecified atom stereocenters. The van der Waals surface area contributed by atoms with Crippen molar-refractivity contribution in [3.8, 4) is 0 Å². The van der Waals surface area contributed by atoms with E-state index >= 15 is 0 Å². The molecule has 0 saturated carbocycles. The molecule has 0 atom stereocenters. The van der Waals surface area contributed by atoms with Crippen molar-refractivity contribution in [2.75, 3.05) is 0 Å². The van der Waals surface area contributed by atoms with Crippen LogP contribution in [0.3, 0.4) is 0 Å². The number of phosphoric acid groups is 1. The van der Waals surface area contributed by atoms with Gasteiger partial charge in [-0.1, -0.05) is 0 Å². The average molecular weight is 386 g/mol. The molecule has 0 fully saturated rings. The summed E-state index contributed by atoms with van der Waals surface area (Å²) in [5.74, 6) is 0. The van der Waals surface area contributed by atoms with Crippen molar-refractivity contribution < 1.29 is 42.3 Å². The summed E-state index contributed by atoms with van der Waals surface area (Å²) in [7, 11) is -4.64. The third-order valence-electron chi connectivity index (χ3n) is 2.12. The summed E-state index contributed by atoms with van der Waals surface area (Å²) < 4.78 is 13.6. The van der Waals surface area contributed by atoms with Gasteiger partial charge in [0.15, 0.2) is 0 Å². The Morgan fingerprint density at radius 1 is 1.00 bits per heavy atom. The smallest absolute Gasteiger partial charge is 0.303 e. The molecule has 3 N–H and O–H groups in total. The van der Waals surface area contributed by atoms with Crippen LogP contribution in [-0.2, 0) is 27.6 Å². The van der Waals surface area contributed by atoms with Crippen LogP contribution < -0.4 is 0 Å². The van der Waals surface area contributed by atoms with Gasteiger partial charge < -0.3 is 14.7 Å². The van der Waals surface area contributed by atoms with Crippen LogP contribution in [0.5, 0.6) is 0 Å². The molecule has 0 aromatic rings. The molecule has 0 aromatic carbocycles. The second-order valence-electron chi connectivity index (χ2n) is 3.07. The molecule has 0 amide bonds. The van der Waals surface area contributed by atoms with Gasteiger partial charge in [0.1, 0.15) is 0 Å². The molecule has 0 rings (SSSR count). The molecule has 4 nitrogen and oxygen atoms in total. The van der Waals surface area contributed by atoms with Gasteiger partial charge in [-0.2, -0.15) is 0 Å². The summed E-state index contributed by atoms with van der Waals surface area (Å²) in [6, 6.07) is 0. The van der Waals surface area contributed by atoms with Gasteiger partial charge in [-0.25, -0.2) is 4.57 Å². The van der Waals surface area contributed by atoms with Gasteiger partial charge in [0.2, 0.25) is 0 Å². The van der Waals surface area contributed by atoms with E-state index < -0.39 is 30.8 Å². The third-order valence-corrected chi connectivity index (χ3v) is 18.6. The zero-order chi connectivity index (χ0) is 10.2. The molecule has 0 aliphatic heterocycles. The Balaban J connectivity index is 0. The molecule has 0 radical (unpaired) electrons. The van der Waals surface area contributed by atoms with Crippen LogP contribution in [0.1, 0.15) is 20.8 Å². The Labute approximate surface area is 82.5 Å². The van der Waals surface area contributed by atoms with E-state index in [1.165, 1.54) is 0 Å². The quantitative estimate of drug-likeness (QED) is 0.513. The molecule has 0 aromatic heterocycles. The van der Waals surface area contributed by atoms with Crippen LogP contribution in [0.4, 0.5) is 0 Å². The van der Waals surface area contributed by atoms with E-state index in [9.17, 15) is 0 Å². The minimum Gasteiger partial charge on any atom is -0.303 e. The predicted molar refractivity (Wildman–Crippen MR) is 45.7 cm³/mol. The molecule has 0 bridgehead atoms. The number of hydrogen-bond acceptors (Lipinski definition) is 1. The molecule has 0 spiro atoms. The van der Waals surface area contributed by atoms with Crippen LogP contribution in [0.2, 0.25) is 11.8 Å². The second kappa shape index (κ2) is 8.63. The van der Waals surface area contributed by atoms with Crippen molar-refractivity contribution in [1.29, 1.82) is 0 Å². The van der Waals surface area contributed by atoms with Crippen LogP contribution in [0.25, 0.3) is 0 Å². The van der Waals surface area contributed by atoms with E-state index in [1.807, 2.05) is 0 Å². The first-order valence-corrected chi connectivity index (χ1v) is 17.6. The maximum atomic E-state index is 8.88. The summed E-state index contributed by atoms with van der Waals surface area (Å²) in [5.41, 5.74) is 0. The van der Waals surface area contributed by atoms with Crippen LogP contribution in [0.15, 0.2) is 0 Å². The molecular weight excluding hydrogens is 368 g/mol. The first kappa shape index (κ1) is 15.5. The van der Waals surface area contributed by atoms with E-state index in [1.54, 1.807) is 11.8 Å². The van der Waals surface area contributed by atoms with Gasteiger partial charge >= 0.3 is 63.4 Å². The zero-order valence-corrected chi connectivity index (χ0v) is 14.4. The van der Waals surface area contributed by atoms with Gasteiger partial charge in [-0.3, -0.25) is 0 Å². The van der Waals surface area contributed by atoms with E-state index in [0.717, 1.165) is 0 Å². The topological polar surface area (TPSA) is 77.8 Å². The van der Waals surface area contributed by atoms with Gasteiger partial charge in [-0.15, -0.1) is 0 Å². The van der Waals surface area contributed by atoms with Crippen molar-refractivity contribution in [1.82, 2.24) is 0 Å². The van der Waals surface area contributed by atoms with Crippen molar-refractivity contribution >= 4 is 7.82 Å². The van der Waals surface area contributed by atoms with Crippen molar-refractivity contribution in [2.45, 2.75) is 32.6 Å². The van der Waals surface area contributed by atoms with Crippen LogP contribution >= 0.6 is 7.82 Å². The third kappa shape index (κ3) is 22.5. The molecule has 0 saturated heterocycles. The molecule has 0 heterocycles. The fraction of sp³-hybridized carbons (Fsp3) is 1.00. The SMILES string of the molecule is C[CH2][Hg]([CH2]C)[CH2]C.O=P(O)(O)O. The van der Waals surface area contributed by atoms with Gasteiger partial charge in [-0.05, 0) is 0 Å². The number of rotatable bonds is 3. The molecule has 0 aliphatic carbocycles. The summed E-state index contributed by atoms with van der Waals surface area (Å²) in [4.78, 5) is 21.6. The largest absolute Gasteiger partial charge is 0.466 e. The Hall–Kier alpha value is 1.05. The maximum Gasteiger partial charge on any atom is 0.466 e. The van der Waals surface area contributed by atoms with E-state index in [-0.39, 0.29) is 0 Å². The fourth-order valence-electron chi connectivity index (χ4n) is 1.06. The molecule has 12 heavy (non-hydrogen) atoms. The maximum absolute atomic E-state index is 8.88. The van der Waals surface area contributed by atoms with E-state index in [0.29, 0.717) is 0 Å². The molecule has 6 heteroatoms. The van der Waals surface area contributed by atoms with E-state index in [4.69, 9.17) is 19.2 Å². The first-order chi connectivity index (χ1) is 5.35. The monoisotopic (exact) mass is 387 g/mol. The summed E-state index contributed by atoms with van der Waals surface area (Å²) in [6.07, 6.45) is 0. The standard InChI is InChI=1S/3C2H5.Hg.H3O4P/c3*1-2;;1-5(2,3)4/h3*1H2,2H3;;(H3,1,2,3,4). The van der Waals surface area contributed by atoms with Crippen LogP contribution in [0, 0.1) is 0 Å². The number of hydrogen-bond donors (Lipinski definition) is 3. The summed E-state index contributed by atoms with van der Waals surface area (Å²) in [6.45, 7) is 7.09. The molecule has 0 aliphatic rings. The summed E-state index contributed by atoms with van der Waals surface area (Å²) in [5, 5.41) is 0. The van der Waals surface area contributed by atoms with Gasteiger partial charge in [0, 0.05) is 0 Å². The van der Waals surface area contributed by atoms with Crippen LogP contribution in [-0.4, -0.2) is 14.7 Å².